The fraction of sp³-hybridized carbons (Fsp3) is 0.0833. The quantitative estimate of drug-likeness (QED) is 0.258. The number of nitro groups is 1. The van der Waals surface area contributed by atoms with Crippen molar-refractivity contribution in [3.63, 3.8) is 0 Å². The summed E-state index contributed by atoms with van der Waals surface area (Å²) in [5.74, 6) is -0.881. The second kappa shape index (κ2) is 8.24. The Kier molecular flexibility index (Phi) is 5.09. The molecule has 3 amide bonds. The van der Waals surface area contributed by atoms with Crippen LogP contribution in [0.1, 0.15) is 27.1 Å². The van der Waals surface area contributed by atoms with E-state index in [1.54, 1.807) is 12.1 Å². The lowest BCUT2D eigenvalue weighted by molar-refractivity contribution is -0.384. The number of nitrogens with one attached hydrogen (secondary N) is 2. The maximum Gasteiger partial charge on any atom is 0.270 e. The van der Waals surface area contributed by atoms with Crippen molar-refractivity contribution in [2.24, 2.45) is 0 Å². The van der Waals surface area contributed by atoms with Crippen LogP contribution in [0.3, 0.4) is 0 Å². The summed E-state index contributed by atoms with van der Waals surface area (Å²) < 4.78 is 0. The summed E-state index contributed by atoms with van der Waals surface area (Å²) in [6, 6.07) is 18.3. The Balaban J connectivity index is 1.21. The van der Waals surface area contributed by atoms with Gasteiger partial charge in [0.1, 0.15) is 5.82 Å². The van der Waals surface area contributed by atoms with Gasteiger partial charge in [-0.3, -0.25) is 29.4 Å². The Bertz CT molecular complexity index is 1440. The molecule has 34 heavy (non-hydrogen) atoms. The molecule has 0 bridgehead atoms. The number of para-hydroxylation sites is 2. The number of imidazole rings is 1. The average molecular weight is 455 g/mol. The van der Waals surface area contributed by atoms with Gasteiger partial charge in [0.05, 0.1) is 27.1 Å². The van der Waals surface area contributed by atoms with Crippen LogP contribution in [0.4, 0.5) is 11.4 Å². The van der Waals surface area contributed by atoms with Gasteiger partial charge in [-0.1, -0.05) is 12.1 Å². The minimum Gasteiger partial charge on any atom is -0.338 e. The first-order valence-corrected chi connectivity index (χ1v) is 10.4. The topological polar surface area (TPSA) is 138 Å². The average Bonchev–Trinajstić information content (AvgIpc) is 3.37. The lowest BCUT2D eigenvalue weighted by Gasteiger charge is -2.13. The van der Waals surface area contributed by atoms with Crippen LogP contribution in [0, 0.1) is 10.1 Å². The number of H-pyrrole nitrogens is 1. The standard InChI is InChI=1S/C24H17N5O5/c30-21(11-12-28-23(31)17-10-9-16(29(33)34)13-18(17)24(28)32)25-15-7-5-14(6-8-15)22-26-19-3-1-2-4-20(19)27-22/h1-10,13H,11-12H2,(H,25,30)(H,26,27). The van der Waals surface area contributed by atoms with Gasteiger partial charge in [0.25, 0.3) is 17.5 Å². The summed E-state index contributed by atoms with van der Waals surface area (Å²) >= 11 is 0. The van der Waals surface area contributed by atoms with Gasteiger partial charge in [0, 0.05) is 36.3 Å². The molecule has 1 aromatic heterocycles. The first-order chi connectivity index (χ1) is 16.4. The molecule has 0 saturated heterocycles. The first-order valence-electron chi connectivity index (χ1n) is 10.4. The van der Waals surface area contributed by atoms with Crippen molar-refractivity contribution >= 4 is 40.1 Å². The molecule has 1 aliphatic heterocycles. The van der Waals surface area contributed by atoms with E-state index in [-0.39, 0.29) is 35.7 Å². The highest BCUT2D eigenvalue weighted by Gasteiger charge is 2.36. The van der Waals surface area contributed by atoms with Gasteiger partial charge in [-0.2, -0.15) is 0 Å². The molecule has 10 heteroatoms. The van der Waals surface area contributed by atoms with Crippen molar-refractivity contribution in [2.45, 2.75) is 6.42 Å². The van der Waals surface area contributed by atoms with E-state index in [2.05, 4.69) is 15.3 Å². The zero-order chi connectivity index (χ0) is 23.8. The van der Waals surface area contributed by atoms with Crippen LogP contribution in [0.5, 0.6) is 0 Å². The molecule has 0 fully saturated rings. The van der Waals surface area contributed by atoms with E-state index in [1.165, 1.54) is 12.1 Å². The van der Waals surface area contributed by atoms with E-state index in [0.29, 0.717) is 11.5 Å². The molecular weight excluding hydrogens is 438 g/mol. The molecule has 0 radical (unpaired) electrons. The van der Waals surface area contributed by atoms with Gasteiger partial charge in [-0.15, -0.1) is 0 Å². The molecule has 0 atom stereocenters. The zero-order valence-electron chi connectivity index (χ0n) is 17.6. The fourth-order valence-electron chi connectivity index (χ4n) is 3.83. The third-order valence-corrected chi connectivity index (χ3v) is 5.56. The van der Waals surface area contributed by atoms with Crippen LogP contribution in [0.25, 0.3) is 22.4 Å². The van der Waals surface area contributed by atoms with Gasteiger partial charge in [-0.25, -0.2) is 4.98 Å². The first kappa shape index (κ1) is 21.0. The van der Waals surface area contributed by atoms with E-state index in [4.69, 9.17) is 0 Å². The van der Waals surface area contributed by atoms with Crippen molar-refractivity contribution in [1.29, 1.82) is 0 Å². The van der Waals surface area contributed by atoms with Crippen LogP contribution in [-0.2, 0) is 4.79 Å². The molecular formula is C24H17N5O5. The van der Waals surface area contributed by atoms with E-state index in [1.807, 2.05) is 36.4 Å². The van der Waals surface area contributed by atoms with Crippen LogP contribution in [0.2, 0.25) is 0 Å². The highest BCUT2D eigenvalue weighted by molar-refractivity contribution is 6.21. The van der Waals surface area contributed by atoms with E-state index in [0.717, 1.165) is 27.6 Å². The summed E-state index contributed by atoms with van der Waals surface area (Å²) in [4.78, 5) is 56.5. The van der Waals surface area contributed by atoms with Gasteiger partial charge in [0.2, 0.25) is 5.91 Å². The number of nitro benzene ring substituents is 1. The van der Waals surface area contributed by atoms with Crippen LogP contribution in [-0.4, -0.2) is 44.1 Å². The third kappa shape index (κ3) is 3.77. The Morgan fingerprint density at radius 1 is 1.00 bits per heavy atom. The Hall–Kier alpha value is -4.86. The maximum absolute atomic E-state index is 12.5. The minimum absolute atomic E-state index is 0.0271. The number of carbonyl (C=O) groups excluding carboxylic acids is 3. The van der Waals surface area contributed by atoms with Crippen LogP contribution < -0.4 is 5.32 Å². The molecule has 2 N–H and O–H groups in total. The van der Waals surface area contributed by atoms with Gasteiger partial charge >= 0.3 is 0 Å². The predicted molar refractivity (Wildman–Crippen MR) is 123 cm³/mol. The molecule has 168 valence electrons. The number of fused-ring (bicyclic) bond motifs is 2. The Morgan fingerprint density at radius 3 is 2.47 bits per heavy atom. The Labute approximate surface area is 192 Å². The molecule has 10 nitrogen and oxygen atoms in total. The number of hydrogen-bond acceptors (Lipinski definition) is 6. The molecule has 0 saturated carbocycles. The van der Waals surface area contributed by atoms with Crippen LogP contribution >= 0.6 is 0 Å². The summed E-state index contributed by atoms with van der Waals surface area (Å²) in [6.07, 6.45) is -0.112. The lowest BCUT2D eigenvalue weighted by atomic mass is 10.1. The van der Waals surface area contributed by atoms with Crippen molar-refractivity contribution in [3.05, 3.63) is 88.0 Å². The number of rotatable bonds is 6. The number of anilines is 1. The number of carbonyl (C=O) groups is 3. The number of imide groups is 1. The molecule has 0 unspecified atom stereocenters. The molecule has 3 aromatic carbocycles. The molecule has 0 aliphatic carbocycles. The SMILES string of the molecule is O=C(CCN1C(=O)c2ccc([N+](=O)[O-])cc2C1=O)Nc1ccc(-c2nc3ccccc3[nH]2)cc1. The normalized spacial score (nSPS) is 12.8. The minimum atomic E-state index is -0.647. The second-order valence-electron chi connectivity index (χ2n) is 7.73. The highest BCUT2D eigenvalue weighted by atomic mass is 16.6. The Morgan fingerprint density at radius 2 is 1.74 bits per heavy atom. The smallest absolute Gasteiger partial charge is 0.270 e. The van der Waals surface area contributed by atoms with Gasteiger partial charge < -0.3 is 10.3 Å². The molecule has 2 heterocycles. The number of amides is 3. The molecule has 1 aliphatic rings. The number of hydrogen-bond donors (Lipinski definition) is 2. The lowest BCUT2D eigenvalue weighted by Crippen LogP contribution is -2.32. The molecule has 0 spiro atoms. The number of aromatic amines is 1. The van der Waals surface area contributed by atoms with E-state index in [9.17, 15) is 24.5 Å². The highest BCUT2D eigenvalue weighted by Crippen LogP contribution is 2.27. The summed E-state index contributed by atoms with van der Waals surface area (Å²) in [5, 5.41) is 13.7. The van der Waals surface area contributed by atoms with Crippen molar-refractivity contribution in [2.75, 3.05) is 11.9 Å². The van der Waals surface area contributed by atoms with E-state index < -0.39 is 16.7 Å². The number of benzene rings is 3. The largest absolute Gasteiger partial charge is 0.338 e. The third-order valence-electron chi connectivity index (χ3n) is 5.56. The number of aromatic nitrogens is 2. The number of non-ortho nitro benzene ring substituents is 1. The van der Waals surface area contributed by atoms with E-state index >= 15 is 0 Å². The molecule has 5 rings (SSSR count). The monoisotopic (exact) mass is 455 g/mol. The summed E-state index contributed by atoms with van der Waals surface area (Å²) in [6.45, 7) is -0.136. The van der Waals surface area contributed by atoms with Crippen molar-refractivity contribution in [3.8, 4) is 11.4 Å². The predicted octanol–water partition coefficient (Wildman–Crippen LogP) is 3.76. The van der Waals surface area contributed by atoms with Crippen molar-refractivity contribution < 1.29 is 19.3 Å². The molecule has 4 aromatic rings. The summed E-state index contributed by atoms with van der Waals surface area (Å²) in [7, 11) is 0. The van der Waals surface area contributed by atoms with Gasteiger partial charge in [-0.05, 0) is 42.5 Å². The number of nitrogens with zero attached hydrogens (tertiary/aromatic N) is 3. The summed E-state index contributed by atoms with van der Waals surface area (Å²) in [5.41, 5.74) is 3.00. The van der Waals surface area contributed by atoms with Crippen LogP contribution in [0.15, 0.2) is 66.7 Å². The zero-order valence-corrected chi connectivity index (χ0v) is 17.6. The maximum atomic E-state index is 12.5. The fourth-order valence-corrected chi connectivity index (χ4v) is 3.83. The van der Waals surface area contributed by atoms with Crippen molar-refractivity contribution in [1.82, 2.24) is 14.9 Å². The van der Waals surface area contributed by atoms with Gasteiger partial charge in [0.15, 0.2) is 0 Å². The second-order valence-corrected chi connectivity index (χ2v) is 7.73.